The van der Waals surface area contributed by atoms with E-state index in [4.69, 9.17) is 9.47 Å². The van der Waals surface area contributed by atoms with Crippen LogP contribution in [0.2, 0.25) is 0 Å². The standard InChI is InChI=1S/C18H21N3O3/c1-14-12-21(8-9-23-14)18(22)20-16-5-2-6-17(10-16)24-13-15-4-3-7-19-11-15/h2-7,10-11,14H,8-9,12-13H2,1H3,(H,20,22). The number of ether oxygens (including phenoxy) is 2. The highest BCUT2D eigenvalue weighted by Gasteiger charge is 2.21. The van der Waals surface area contributed by atoms with Crippen LogP contribution in [-0.4, -0.2) is 41.7 Å². The minimum atomic E-state index is -0.116. The molecule has 2 heterocycles. The van der Waals surface area contributed by atoms with Crippen LogP contribution in [0.3, 0.4) is 0 Å². The second kappa shape index (κ2) is 7.79. The van der Waals surface area contributed by atoms with Crippen molar-refractivity contribution in [3.63, 3.8) is 0 Å². The van der Waals surface area contributed by atoms with Crippen LogP contribution in [0.4, 0.5) is 10.5 Å². The van der Waals surface area contributed by atoms with E-state index in [1.54, 1.807) is 17.3 Å². The molecular weight excluding hydrogens is 306 g/mol. The molecule has 6 heteroatoms. The summed E-state index contributed by atoms with van der Waals surface area (Å²) in [4.78, 5) is 18.1. The van der Waals surface area contributed by atoms with Gasteiger partial charge in [0.1, 0.15) is 12.4 Å². The lowest BCUT2D eigenvalue weighted by Gasteiger charge is -2.31. The minimum Gasteiger partial charge on any atom is -0.489 e. The number of pyridine rings is 1. The van der Waals surface area contributed by atoms with Gasteiger partial charge in [0.25, 0.3) is 0 Å². The molecule has 1 aromatic heterocycles. The van der Waals surface area contributed by atoms with E-state index in [0.717, 1.165) is 5.56 Å². The van der Waals surface area contributed by atoms with Gasteiger partial charge in [-0.05, 0) is 25.1 Å². The molecule has 0 spiro atoms. The number of hydrogen-bond donors (Lipinski definition) is 1. The maximum Gasteiger partial charge on any atom is 0.322 e. The van der Waals surface area contributed by atoms with Gasteiger partial charge in [0.15, 0.2) is 0 Å². The molecular formula is C18H21N3O3. The van der Waals surface area contributed by atoms with Gasteiger partial charge < -0.3 is 19.7 Å². The topological polar surface area (TPSA) is 63.7 Å². The number of amides is 2. The predicted molar refractivity (Wildman–Crippen MR) is 91.0 cm³/mol. The summed E-state index contributed by atoms with van der Waals surface area (Å²) < 4.78 is 11.2. The molecule has 24 heavy (non-hydrogen) atoms. The van der Waals surface area contributed by atoms with Crippen LogP contribution in [0.15, 0.2) is 48.8 Å². The Kier molecular flexibility index (Phi) is 5.28. The molecule has 126 valence electrons. The van der Waals surface area contributed by atoms with E-state index in [2.05, 4.69) is 10.3 Å². The lowest BCUT2D eigenvalue weighted by atomic mass is 10.3. The van der Waals surface area contributed by atoms with E-state index in [0.29, 0.717) is 37.7 Å². The van der Waals surface area contributed by atoms with Crippen LogP contribution in [0.5, 0.6) is 5.75 Å². The molecule has 1 aliphatic rings. The molecule has 1 atom stereocenters. The Labute approximate surface area is 141 Å². The second-order valence-electron chi connectivity index (χ2n) is 5.74. The molecule has 1 aromatic carbocycles. The Morgan fingerprint density at radius 2 is 2.33 bits per heavy atom. The molecule has 1 N–H and O–H groups in total. The molecule has 6 nitrogen and oxygen atoms in total. The van der Waals surface area contributed by atoms with Gasteiger partial charge in [-0.1, -0.05) is 12.1 Å². The molecule has 2 aromatic rings. The third-order valence-electron chi connectivity index (χ3n) is 3.74. The molecule has 2 amide bonds. The van der Waals surface area contributed by atoms with Gasteiger partial charge in [0.05, 0.1) is 12.7 Å². The highest BCUT2D eigenvalue weighted by molar-refractivity contribution is 5.89. The number of nitrogens with zero attached hydrogens (tertiary/aromatic N) is 2. The fourth-order valence-electron chi connectivity index (χ4n) is 2.52. The summed E-state index contributed by atoms with van der Waals surface area (Å²) >= 11 is 0. The first-order valence-corrected chi connectivity index (χ1v) is 8.00. The molecule has 0 aliphatic carbocycles. The average Bonchev–Trinajstić information content (AvgIpc) is 2.61. The van der Waals surface area contributed by atoms with Crippen molar-refractivity contribution in [1.29, 1.82) is 0 Å². The average molecular weight is 327 g/mol. The molecule has 0 radical (unpaired) electrons. The largest absolute Gasteiger partial charge is 0.489 e. The van der Waals surface area contributed by atoms with Gasteiger partial charge in [0.2, 0.25) is 0 Å². The maximum atomic E-state index is 12.3. The third kappa shape index (κ3) is 4.45. The molecule has 1 fully saturated rings. The van der Waals surface area contributed by atoms with Crippen molar-refractivity contribution in [2.24, 2.45) is 0 Å². The van der Waals surface area contributed by atoms with E-state index in [1.807, 2.05) is 43.3 Å². The number of urea groups is 1. The number of nitrogens with one attached hydrogen (secondary N) is 1. The summed E-state index contributed by atoms with van der Waals surface area (Å²) in [5.41, 5.74) is 1.71. The molecule has 1 unspecified atom stereocenters. The normalized spacial score (nSPS) is 17.4. The van der Waals surface area contributed by atoms with Crippen LogP contribution in [0.1, 0.15) is 12.5 Å². The molecule has 0 saturated carbocycles. The van der Waals surface area contributed by atoms with Crippen molar-refractivity contribution in [2.75, 3.05) is 25.0 Å². The van der Waals surface area contributed by atoms with Crippen molar-refractivity contribution in [2.45, 2.75) is 19.6 Å². The summed E-state index contributed by atoms with van der Waals surface area (Å²) in [6.07, 6.45) is 3.57. The van der Waals surface area contributed by atoms with Crippen molar-refractivity contribution >= 4 is 11.7 Å². The molecule has 1 saturated heterocycles. The molecule has 3 rings (SSSR count). The van der Waals surface area contributed by atoms with E-state index in [1.165, 1.54) is 0 Å². The van der Waals surface area contributed by atoms with Crippen molar-refractivity contribution in [3.05, 3.63) is 54.4 Å². The number of aromatic nitrogens is 1. The number of benzene rings is 1. The van der Waals surface area contributed by atoms with Crippen molar-refractivity contribution < 1.29 is 14.3 Å². The molecule has 0 bridgehead atoms. The number of morpholine rings is 1. The Hall–Kier alpha value is -2.60. The Morgan fingerprint density at radius 1 is 1.42 bits per heavy atom. The fourth-order valence-corrected chi connectivity index (χ4v) is 2.52. The van der Waals surface area contributed by atoms with E-state index >= 15 is 0 Å². The van der Waals surface area contributed by atoms with Gasteiger partial charge in [-0.2, -0.15) is 0 Å². The van der Waals surface area contributed by atoms with Gasteiger partial charge in [-0.3, -0.25) is 4.98 Å². The zero-order valence-electron chi connectivity index (χ0n) is 13.6. The highest BCUT2D eigenvalue weighted by atomic mass is 16.5. The van der Waals surface area contributed by atoms with Crippen LogP contribution in [0, 0.1) is 0 Å². The molecule has 1 aliphatic heterocycles. The van der Waals surface area contributed by atoms with Gasteiger partial charge in [-0.25, -0.2) is 4.79 Å². The van der Waals surface area contributed by atoms with E-state index < -0.39 is 0 Å². The number of carbonyl (C=O) groups excluding carboxylic acids is 1. The second-order valence-corrected chi connectivity index (χ2v) is 5.74. The van der Waals surface area contributed by atoms with E-state index in [-0.39, 0.29) is 12.1 Å². The maximum absolute atomic E-state index is 12.3. The monoisotopic (exact) mass is 327 g/mol. The van der Waals surface area contributed by atoms with Crippen LogP contribution < -0.4 is 10.1 Å². The number of carbonyl (C=O) groups is 1. The summed E-state index contributed by atoms with van der Waals surface area (Å²) in [6, 6.07) is 11.1. The summed E-state index contributed by atoms with van der Waals surface area (Å²) in [5, 5.41) is 2.91. The van der Waals surface area contributed by atoms with Gasteiger partial charge in [-0.15, -0.1) is 0 Å². The fraction of sp³-hybridized carbons (Fsp3) is 0.333. The predicted octanol–water partition coefficient (Wildman–Crippen LogP) is 2.91. The number of hydrogen-bond acceptors (Lipinski definition) is 4. The van der Waals surface area contributed by atoms with E-state index in [9.17, 15) is 4.79 Å². The van der Waals surface area contributed by atoms with Crippen LogP contribution >= 0.6 is 0 Å². The van der Waals surface area contributed by atoms with Crippen LogP contribution in [0.25, 0.3) is 0 Å². The van der Waals surface area contributed by atoms with Crippen LogP contribution in [-0.2, 0) is 11.3 Å². The first kappa shape index (κ1) is 16.3. The van der Waals surface area contributed by atoms with Crippen molar-refractivity contribution in [3.8, 4) is 5.75 Å². The Balaban J connectivity index is 1.57. The minimum absolute atomic E-state index is 0.0682. The Bertz CT molecular complexity index is 678. The lowest BCUT2D eigenvalue weighted by Crippen LogP contribution is -2.46. The first-order valence-electron chi connectivity index (χ1n) is 8.00. The zero-order valence-corrected chi connectivity index (χ0v) is 13.6. The number of rotatable bonds is 4. The summed E-state index contributed by atoms with van der Waals surface area (Å²) in [5.74, 6) is 0.701. The first-order chi connectivity index (χ1) is 11.7. The quantitative estimate of drug-likeness (QED) is 0.938. The summed E-state index contributed by atoms with van der Waals surface area (Å²) in [7, 11) is 0. The van der Waals surface area contributed by atoms with Crippen molar-refractivity contribution in [1.82, 2.24) is 9.88 Å². The SMILES string of the molecule is CC1CN(C(=O)Nc2cccc(OCc3cccnc3)c2)CCO1. The van der Waals surface area contributed by atoms with Gasteiger partial charge >= 0.3 is 6.03 Å². The highest BCUT2D eigenvalue weighted by Crippen LogP contribution is 2.19. The lowest BCUT2D eigenvalue weighted by molar-refractivity contribution is -0.00138. The third-order valence-corrected chi connectivity index (χ3v) is 3.74. The summed E-state index contributed by atoms with van der Waals surface area (Å²) in [6.45, 7) is 4.18. The smallest absolute Gasteiger partial charge is 0.322 e. The number of anilines is 1. The van der Waals surface area contributed by atoms with Gasteiger partial charge in [0, 0.05) is 42.8 Å². The Morgan fingerprint density at radius 3 is 3.12 bits per heavy atom. The zero-order chi connectivity index (χ0) is 16.8.